The van der Waals surface area contributed by atoms with Gasteiger partial charge >= 0.3 is 0 Å². The van der Waals surface area contributed by atoms with Gasteiger partial charge in [-0.05, 0) is 28.5 Å². The Hall–Kier alpha value is -4.20. The molecule has 31 heavy (non-hydrogen) atoms. The SMILES string of the molecule is Cc1nc(COc2ccccc2C(=O)NNC(=O)Cc2cccc3ccccc23)no1. The number of nitrogens with one attached hydrogen (secondary N) is 2. The summed E-state index contributed by atoms with van der Waals surface area (Å²) in [4.78, 5) is 29.1. The van der Waals surface area contributed by atoms with Gasteiger partial charge in [-0.3, -0.25) is 20.4 Å². The number of amides is 2. The predicted octanol–water partition coefficient (Wildman–Crippen LogP) is 3.11. The standard InChI is InChI=1S/C23H20N4O4/c1-15-24-21(27-31-15)14-30-20-12-5-4-11-19(20)23(29)26-25-22(28)13-17-9-6-8-16-7-2-3-10-18(16)17/h2-12H,13-14H2,1H3,(H,25,28)(H,26,29). The zero-order chi connectivity index (χ0) is 21.6. The maximum absolute atomic E-state index is 12.6. The van der Waals surface area contributed by atoms with Crippen molar-refractivity contribution in [1.82, 2.24) is 21.0 Å². The third-order valence-corrected chi connectivity index (χ3v) is 4.60. The van der Waals surface area contributed by atoms with Crippen LogP contribution in [0.3, 0.4) is 0 Å². The first-order valence-electron chi connectivity index (χ1n) is 9.67. The Bertz CT molecular complexity index is 1230. The second-order valence-corrected chi connectivity index (χ2v) is 6.83. The number of ether oxygens (including phenoxy) is 1. The molecule has 4 rings (SSSR count). The van der Waals surface area contributed by atoms with Crippen molar-refractivity contribution >= 4 is 22.6 Å². The van der Waals surface area contributed by atoms with Crippen LogP contribution in [-0.2, 0) is 17.8 Å². The average Bonchev–Trinajstić information content (AvgIpc) is 3.21. The molecule has 1 aromatic heterocycles. The molecule has 0 aliphatic carbocycles. The minimum atomic E-state index is -0.494. The topological polar surface area (TPSA) is 106 Å². The lowest BCUT2D eigenvalue weighted by Gasteiger charge is -2.12. The van der Waals surface area contributed by atoms with Gasteiger partial charge < -0.3 is 9.26 Å². The molecular weight excluding hydrogens is 396 g/mol. The summed E-state index contributed by atoms with van der Waals surface area (Å²) in [5.41, 5.74) is 6.06. The molecule has 0 saturated carbocycles. The zero-order valence-electron chi connectivity index (χ0n) is 16.8. The fourth-order valence-corrected chi connectivity index (χ4v) is 3.18. The normalized spacial score (nSPS) is 10.6. The van der Waals surface area contributed by atoms with Gasteiger partial charge in [0, 0.05) is 6.92 Å². The van der Waals surface area contributed by atoms with Gasteiger partial charge in [0.25, 0.3) is 5.91 Å². The molecule has 0 saturated heterocycles. The molecule has 0 radical (unpaired) electrons. The molecule has 8 heteroatoms. The first kappa shape index (κ1) is 20.1. The summed E-state index contributed by atoms with van der Waals surface area (Å²) < 4.78 is 10.6. The quantitative estimate of drug-likeness (QED) is 0.468. The number of aryl methyl sites for hydroxylation is 1. The summed E-state index contributed by atoms with van der Waals surface area (Å²) >= 11 is 0. The van der Waals surface area contributed by atoms with E-state index in [1.54, 1.807) is 31.2 Å². The van der Waals surface area contributed by atoms with Gasteiger partial charge in [0.05, 0.1) is 12.0 Å². The van der Waals surface area contributed by atoms with Crippen LogP contribution >= 0.6 is 0 Å². The van der Waals surface area contributed by atoms with Crippen molar-refractivity contribution in [3.63, 3.8) is 0 Å². The van der Waals surface area contributed by atoms with Crippen molar-refractivity contribution < 1.29 is 18.8 Å². The Morgan fingerprint density at radius 1 is 0.968 bits per heavy atom. The minimum Gasteiger partial charge on any atom is -0.485 e. The summed E-state index contributed by atoms with van der Waals surface area (Å²) in [7, 11) is 0. The van der Waals surface area contributed by atoms with Crippen LogP contribution in [0.25, 0.3) is 10.8 Å². The van der Waals surface area contributed by atoms with Crippen LogP contribution in [-0.4, -0.2) is 22.0 Å². The van der Waals surface area contributed by atoms with Crippen LogP contribution in [0.5, 0.6) is 5.75 Å². The van der Waals surface area contributed by atoms with Crippen molar-refractivity contribution in [1.29, 1.82) is 0 Å². The Labute approximate surface area is 178 Å². The maximum atomic E-state index is 12.6. The molecule has 3 aromatic carbocycles. The number of aromatic nitrogens is 2. The minimum absolute atomic E-state index is 0.0507. The molecule has 2 N–H and O–H groups in total. The molecule has 8 nitrogen and oxygen atoms in total. The highest BCUT2D eigenvalue weighted by Crippen LogP contribution is 2.20. The molecule has 0 fully saturated rings. The van der Waals surface area contributed by atoms with Crippen LogP contribution in [0.2, 0.25) is 0 Å². The van der Waals surface area contributed by atoms with Crippen molar-refractivity contribution in [3.05, 3.63) is 89.6 Å². The van der Waals surface area contributed by atoms with Crippen LogP contribution in [0, 0.1) is 6.92 Å². The molecule has 0 aliphatic heterocycles. The van der Waals surface area contributed by atoms with Crippen molar-refractivity contribution in [2.24, 2.45) is 0 Å². The first-order valence-corrected chi connectivity index (χ1v) is 9.67. The van der Waals surface area contributed by atoms with Gasteiger partial charge in [-0.15, -0.1) is 0 Å². The predicted molar refractivity (Wildman–Crippen MR) is 113 cm³/mol. The lowest BCUT2D eigenvalue weighted by Crippen LogP contribution is -2.42. The van der Waals surface area contributed by atoms with E-state index in [0.717, 1.165) is 16.3 Å². The number of benzene rings is 3. The molecular formula is C23H20N4O4. The highest BCUT2D eigenvalue weighted by Gasteiger charge is 2.15. The third kappa shape index (κ3) is 4.87. The fraction of sp³-hybridized carbons (Fsp3) is 0.130. The first-order chi connectivity index (χ1) is 15.1. The summed E-state index contributed by atoms with van der Waals surface area (Å²) in [5, 5.41) is 5.81. The molecule has 0 aliphatic rings. The maximum Gasteiger partial charge on any atom is 0.273 e. The molecule has 0 bridgehead atoms. The van der Waals surface area contributed by atoms with Gasteiger partial charge in [0.15, 0.2) is 6.61 Å². The molecule has 4 aromatic rings. The average molecular weight is 416 g/mol. The largest absolute Gasteiger partial charge is 0.485 e. The Morgan fingerprint density at radius 3 is 2.58 bits per heavy atom. The van der Waals surface area contributed by atoms with Crippen molar-refractivity contribution in [2.75, 3.05) is 0 Å². The number of rotatable bonds is 6. The van der Waals surface area contributed by atoms with Gasteiger partial charge in [-0.2, -0.15) is 4.98 Å². The van der Waals surface area contributed by atoms with Crippen LogP contribution in [0.4, 0.5) is 0 Å². The van der Waals surface area contributed by atoms with Crippen molar-refractivity contribution in [3.8, 4) is 5.75 Å². The Balaban J connectivity index is 1.38. The van der Waals surface area contributed by atoms with Gasteiger partial charge in [0.1, 0.15) is 5.75 Å². The molecule has 156 valence electrons. The Kier molecular flexibility index (Phi) is 5.89. The van der Waals surface area contributed by atoms with E-state index in [9.17, 15) is 9.59 Å². The van der Waals surface area contributed by atoms with Crippen LogP contribution in [0.1, 0.15) is 27.6 Å². The van der Waals surface area contributed by atoms with Gasteiger partial charge in [0.2, 0.25) is 17.6 Å². The number of hydrazine groups is 1. The fourth-order valence-electron chi connectivity index (χ4n) is 3.18. The van der Waals surface area contributed by atoms with E-state index in [0.29, 0.717) is 17.5 Å². The second kappa shape index (κ2) is 9.08. The molecule has 0 atom stereocenters. The van der Waals surface area contributed by atoms with Gasteiger partial charge in [-0.1, -0.05) is 59.8 Å². The monoisotopic (exact) mass is 416 g/mol. The number of hydrogen-bond donors (Lipinski definition) is 2. The van der Waals surface area contributed by atoms with E-state index in [1.807, 2.05) is 42.5 Å². The number of fused-ring (bicyclic) bond motifs is 1. The van der Waals surface area contributed by atoms with Crippen LogP contribution < -0.4 is 15.6 Å². The van der Waals surface area contributed by atoms with E-state index in [1.165, 1.54) is 0 Å². The second-order valence-electron chi connectivity index (χ2n) is 6.83. The number of carbonyl (C=O) groups excluding carboxylic acids is 2. The van der Waals surface area contributed by atoms with E-state index in [-0.39, 0.29) is 24.5 Å². The van der Waals surface area contributed by atoms with E-state index < -0.39 is 5.91 Å². The lowest BCUT2D eigenvalue weighted by molar-refractivity contribution is -0.121. The summed E-state index contributed by atoms with van der Waals surface area (Å²) in [6.07, 6.45) is 0.136. The van der Waals surface area contributed by atoms with Crippen molar-refractivity contribution in [2.45, 2.75) is 20.0 Å². The molecule has 0 unspecified atom stereocenters. The zero-order valence-corrected chi connectivity index (χ0v) is 16.8. The van der Waals surface area contributed by atoms with E-state index >= 15 is 0 Å². The third-order valence-electron chi connectivity index (χ3n) is 4.60. The molecule has 0 spiro atoms. The van der Waals surface area contributed by atoms with E-state index in [4.69, 9.17) is 9.26 Å². The number of nitrogens with zero attached hydrogens (tertiary/aromatic N) is 2. The highest BCUT2D eigenvalue weighted by atomic mass is 16.5. The summed E-state index contributed by atoms with van der Waals surface area (Å²) in [6.45, 7) is 1.73. The van der Waals surface area contributed by atoms with Gasteiger partial charge in [-0.25, -0.2) is 0 Å². The smallest absolute Gasteiger partial charge is 0.273 e. The molecule has 2 amide bonds. The number of para-hydroxylation sites is 1. The van der Waals surface area contributed by atoms with Crippen LogP contribution in [0.15, 0.2) is 71.3 Å². The lowest BCUT2D eigenvalue weighted by atomic mass is 10.0. The highest BCUT2D eigenvalue weighted by molar-refractivity contribution is 5.98. The molecule has 1 heterocycles. The Morgan fingerprint density at radius 2 is 1.74 bits per heavy atom. The summed E-state index contributed by atoms with van der Waals surface area (Å²) in [6, 6.07) is 20.3. The summed E-state index contributed by atoms with van der Waals surface area (Å²) in [5.74, 6) is 0.317. The number of hydrogen-bond acceptors (Lipinski definition) is 6. The van der Waals surface area contributed by atoms with E-state index in [2.05, 4.69) is 21.0 Å². The number of carbonyl (C=O) groups is 2.